The summed E-state index contributed by atoms with van der Waals surface area (Å²) in [6.07, 6.45) is 11.1. The lowest BCUT2D eigenvalue weighted by molar-refractivity contribution is -0.137. The molecule has 2 unspecified atom stereocenters. The standard InChI is InChI=1S/C27H44N4O2/c1-7-26(5,30-28-22-13-9-10-14-22)32-24-19-17-21(18-20-24)25(3,4)33-27(6,8-2)31-29-23-15-11-12-16-23/h17-20,22-23H,7-16H2,1-6H3. The molecule has 2 atom stereocenters. The van der Waals surface area contributed by atoms with Crippen molar-refractivity contribution in [3.8, 4) is 5.75 Å². The lowest BCUT2D eigenvalue weighted by atomic mass is 9.97. The number of hydrogen-bond acceptors (Lipinski definition) is 6. The highest BCUT2D eigenvalue weighted by molar-refractivity contribution is 5.31. The van der Waals surface area contributed by atoms with Crippen LogP contribution >= 0.6 is 0 Å². The fraction of sp³-hybridized carbons (Fsp3) is 0.778. The molecule has 2 aliphatic rings. The van der Waals surface area contributed by atoms with E-state index in [0.29, 0.717) is 12.1 Å². The summed E-state index contributed by atoms with van der Waals surface area (Å²) in [6.45, 7) is 12.4. The van der Waals surface area contributed by atoms with Gasteiger partial charge in [0.25, 0.3) is 0 Å². The van der Waals surface area contributed by atoms with Gasteiger partial charge in [0.1, 0.15) is 5.75 Å². The SMILES string of the molecule is CCC(C)(N=NC1CCCC1)Oc1ccc(C(C)(C)OC(C)(CC)N=NC2CCCC2)cc1. The molecule has 0 aliphatic heterocycles. The summed E-state index contributed by atoms with van der Waals surface area (Å²) >= 11 is 0. The summed E-state index contributed by atoms with van der Waals surface area (Å²) in [7, 11) is 0. The molecule has 184 valence electrons. The Kier molecular flexibility index (Phi) is 8.65. The number of nitrogens with zero attached hydrogens (tertiary/aromatic N) is 4. The molecule has 33 heavy (non-hydrogen) atoms. The molecule has 2 aliphatic carbocycles. The topological polar surface area (TPSA) is 67.9 Å². The van der Waals surface area contributed by atoms with Gasteiger partial charge < -0.3 is 9.47 Å². The molecular formula is C27H44N4O2. The molecule has 0 radical (unpaired) electrons. The van der Waals surface area contributed by atoms with Crippen LogP contribution in [0.3, 0.4) is 0 Å². The fourth-order valence-corrected chi connectivity index (χ4v) is 4.56. The van der Waals surface area contributed by atoms with E-state index >= 15 is 0 Å². The van der Waals surface area contributed by atoms with Crippen LogP contribution in [-0.4, -0.2) is 23.5 Å². The summed E-state index contributed by atoms with van der Waals surface area (Å²) in [4.78, 5) is 0. The molecule has 0 bridgehead atoms. The Balaban J connectivity index is 1.65. The Morgan fingerprint density at radius 1 is 0.727 bits per heavy atom. The molecule has 2 fully saturated rings. The second kappa shape index (κ2) is 11.1. The van der Waals surface area contributed by atoms with E-state index < -0.39 is 17.1 Å². The van der Waals surface area contributed by atoms with Gasteiger partial charge in [-0.1, -0.05) is 51.7 Å². The summed E-state index contributed by atoms with van der Waals surface area (Å²) < 4.78 is 12.8. The van der Waals surface area contributed by atoms with Crippen molar-refractivity contribution in [2.45, 2.75) is 135 Å². The van der Waals surface area contributed by atoms with Crippen molar-refractivity contribution in [3.05, 3.63) is 29.8 Å². The predicted octanol–water partition coefficient (Wildman–Crippen LogP) is 8.36. The number of azo groups is 2. The molecule has 1 aromatic rings. The van der Waals surface area contributed by atoms with E-state index in [-0.39, 0.29) is 0 Å². The first-order chi connectivity index (χ1) is 15.7. The lowest BCUT2D eigenvalue weighted by Gasteiger charge is -2.35. The van der Waals surface area contributed by atoms with Gasteiger partial charge in [-0.3, -0.25) is 0 Å². The molecule has 1 aromatic carbocycles. The molecule has 6 nitrogen and oxygen atoms in total. The average molecular weight is 457 g/mol. The summed E-state index contributed by atoms with van der Waals surface area (Å²) in [5.41, 5.74) is -0.703. The van der Waals surface area contributed by atoms with E-state index in [1.165, 1.54) is 25.7 Å². The van der Waals surface area contributed by atoms with Gasteiger partial charge in [0.2, 0.25) is 5.72 Å². The van der Waals surface area contributed by atoms with Gasteiger partial charge in [-0.2, -0.15) is 15.3 Å². The van der Waals surface area contributed by atoms with E-state index in [0.717, 1.165) is 49.8 Å². The Morgan fingerprint density at radius 2 is 1.18 bits per heavy atom. The molecular weight excluding hydrogens is 412 g/mol. The van der Waals surface area contributed by atoms with Gasteiger partial charge in [0.15, 0.2) is 5.72 Å². The Bertz CT molecular complexity index is 795. The predicted molar refractivity (Wildman–Crippen MR) is 133 cm³/mol. The largest absolute Gasteiger partial charge is 0.465 e. The van der Waals surface area contributed by atoms with Crippen LogP contribution in [0.1, 0.15) is 111 Å². The van der Waals surface area contributed by atoms with Crippen LogP contribution < -0.4 is 4.74 Å². The summed E-state index contributed by atoms with van der Waals surface area (Å²) in [5.74, 6) is 0.795. The van der Waals surface area contributed by atoms with Crippen molar-refractivity contribution in [3.63, 3.8) is 0 Å². The minimum absolute atomic E-state index is 0.359. The van der Waals surface area contributed by atoms with Crippen molar-refractivity contribution in [1.29, 1.82) is 0 Å². The van der Waals surface area contributed by atoms with Crippen molar-refractivity contribution in [1.82, 2.24) is 0 Å². The van der Waals surface area contributed by atoms with Gasteiger partial charge in [-0.15, -0.1) is 5.11 Å². The third-order valence-electron chi connectivity index (χ3n) is 7.19. The maximum Gasteiger partial charge on any atom is 0.215 e. The first-order valence-corrected chi connectivity index (χ1v) is 13.0. The zero-order chi connectivity index (χ0) is 24.0. The van der Waals surface area contributed by atoms with Crippen LogP contribution in [0.4, 0.5) is 0 Å². The highest BCUT2D eigenvalue weighted by atomic mass is 16.5. The van der Waals surface area contributed by atoms with Crippen molar-refractivity contribution >= 4 is 0 Å². The molecule has 0 spiro atoms. The van der Waals surface area contributed by atoms with Crippen LogP contribution in [0.15, 0.2) is 44.7 Å². The molecule has 0 amide bonds. The highest BCUT2D eigenvalue weighted by Gasteiger charge is 2.34. The lowest BCUT2D eigenvalue weighted by Crippen LogP contribution is -2.35. The van der Waals surface area contributed by atoms with Gasteiger partial charge in [-0.25, -0.2) is 0 Å². The van der Waals surface area contributed by atoms with Crippen LogP contribution in [0, 0.1) is 0 Å². The zero-order valence-corrected chi connectivity index (χ0v) is 21.6. The zero-order valence-electron chi connectivity index (χ0n) is 21.6. The average Bonchev–Trinajstić information content (AvgIpc) is 3.51. The first-order valence-electron chi connectivity index (χ1n) is 13.0. The molecule has 0 aromatic heterocycles. The maximum absolute atomic E-state index is 6.54. The quantitative estimate of drug-likeness (QED) is 0.314. The second-order valence-electron chi connectivity index (χ2n) is 10.6. The van der Waals surface area contributed by atoms with Gasteiger partial charge in [0.05, 0.1) is 17.7 Å². The van der Waals surface area contributed by atoms with E-state index in [4.69, 9.17) is 9.47 Å². The summed E-state index contributed by atoms with van der Waals surface area (Å²) in [6, 6.07) is 8.87. The monoisotopic (exact) mass is 456 g/mol. The van der Waals surface area contributed by atoms with Crippen LogP contribution in [0.5, 0.6) is 5.75 Å². The van der Waals surface area contributed by atoms with E-state index in [2.05, 4.69) is 60.3 Å². The number of hydrogen-bond donors (Lipinski definition) is 0. The van der Waals surface area contributed by atoms with E-state index in [9.17, 15) is 0 Å². The molecule has 6 heteroatoms. The maximum atomic E-state index is 6.54. The Hall–Kier alpha value is -1.82. The Labute approximate surface area is 200 Å². The molecule has 0 N–H and O–H groups in total. The van der Waals surface area contributed by atoms with Crippen molar-refractivity contribution in [2.24, 2.45) is 20.5 Å². The van der Waals surface area contributed by atoms with Gasteiger partial charge in [-0.05, 0) is 77.5 Å². The van der Waals surface area contributed by atoms with Crippen LogP contribution in [0.2, 0.25) is 0 Å². The number of ether oxygens (including phenoxy) is 2. The van der Waals surface area contributed by atoms with Gasteiger partial charge in [0, 0.05) is 6.42 Å². The van der Waals surface area contributed by atoms with E-state index in [1.807, 2.05) is 26.0 Å². The normalized spacial score (nSPS) is 22.2. The fourth-order valence-electron chi connectivity index (χ4n) is 4.56. The third kappa shape index (κ3) is 7.33. The summed E-state index contributed by atoms with van der Waals surface area (Å²) in [5, 5.41) is 18.4. The van der Waals surface area contributed by atoms with Gasteiger partial charge >= 0.3 is 0 Å². The van der Waals surface area contributed by atoms with Crippen LogP contribution in [-0.2, 0) is 10.3 Å². The third-order valence-corrected chi connectivity index (χ3v) is 7.19. The minimum atomic E-state index is -0.641. The van der Waals surface area contributed by atoms with E-state index in [1.54, 1.807) is 0 Å². The molecule has 3 rings (SSSR count). The Morgan fingerprint density at radius 3 is 1.64 bits per heavy atom. The van der Waals surface area contributed by atoms with Crippen molar-refractivity contribution in [2.75, 3.05) is 0 Å². The smallest absolute Gasteiger partial charge is 0.215 e. The van der Waals surface area contributed by atoms with Crippen LogP contribution in [0.25, 0.3) is 0 Å². The number of benzene rings is 1. The minimum Gasteiger partial charge on any atom is -0.465 e. The number of rotatable bonds is 11. The molecule has 2 saturated carbocycles. The first kappa shape index (κ1) is 25.8. The molecule has 0 saturated heterocycles. The highest BCUT2D eigenvalue weighted by Crippen LogP contribution is 2.35. The molecule has 0 heterocycles. The van der Waals surface area contributed by atoms with Crippen molar-refractivity contribution < 1.29 is 9.47 Å². The second-order valence-corrected chi connectivity index (χ2v) is 10.6.